The van der Waals surface area contributed by atoms with Crippen LogP contribution in [0.25, 0.3) is 0 Å². The Hall–Kier alpha value is -0.860. The van der Waals surface area contributed by atoms with Gasteiger partial charge >= 0.3 is 0 Å². The molecule has 1 rings (SSSR count). The summed E-state index contributed by atoms with van der Waals surface area (Å²) in [5, 5.41) is 0. The lowest BCUT2D eigenvalue weighted by Crippen LogP contribution is -2.23. The molecule has 2 heteroatoms. The van der Waals surface area contributed by atoms with Crippen molar-refractivity contribution in [1.82, 2.24) is 4.90 Å². The number of hydrogen-bond donors (Lipinski definition) is 1. The maximum absolute atomic E-state index is 5.61. The van der Waals surface area contributed by atoms with Gasteiger partial charge in [0, 0.05) is 6.54 Å². The van der Waals surface area contributed by atoms with Crippen molar-refractivity contribution in [2.24, 2.45) is 11.7 Å². The second-order valence-corrected chi connectivity index (χ2v) is 5.02. The van der Waals surface area contributed by atoms with Crippen LogP contribution >= 0.6 is 0 Å². The van der Waals surface area contributed by atoms with Crippen molar-refractivity contribution in [3.63, 3.8) is 0 Å². The summed E-state index contributed by atoms with van der Waals surface area (Å²) in [5.41, 5.74) is 7.04. The molecule has 1 atom stereocenters. The zero-order valence-corrected chi connectivity index (χ0v) is 11.2. The maximum Gasteiger partial charge on any atom is 0.00188 e. The molecule has 0 aliphatic carbocycles. The number of rotatable bonds is 8. The molecule has 1 unspecified atom stereocenters. The molecule has 2 N–H and O–H groups in total. The lowest BCUT2D eigenvalue weighted by molar-refractivity contribution is 0.319. The first kappa shape index (κ1) is 14.2. The molecule has 2 nitrogen and oxygen atoms in total. The molecule has 0 fully saturated rings. The van der Waals surface area contributed by atoms with Crippen molar-refractivity contribution in [2.45, 2.75) is 26.2 Å². The van der Waals surface area contributed by atoms with Gasteiger partial charge in [-0.3, -0.25) is 0 Å². The standard InChI is InChI=1S/C15H26N2/c1-14(13-16)7-6-11-17(2)12-10-15-8-4-3-5-9-15/h3-5,8-9,14H,6-7,10-13,16H2,1-2H3. The van der Waals surface area contributed by atoms with Crippen LogP contribution in [0.2, 0.25) is 0 Å². The Bertz CT molecular complexity index is 284. The van der Waals surface area contributed by atoms with Gasteiger partial charge in [0.15, 0.2) is 0 Å². The fraction of sp³-hybridized carbons (Fsp3) is 0.600. The quantitative estimate of drug-likeness (QED) is 0.749. The molecule has 0 aliphatic heterocycles. The number of likely N-dealkylation sites (N-methyl/N-ethyl adjacent to an activating group) is 1. The van der Waals surface area contributed by atoms with Crippen molar-refractivity contribution in [3.05, 3.63) is 35.9 Å². The van der Waals surface area contributed by atoms with Crippen LogP contribution in [0.15, 0.2) is 30.3 Å². The third-order valence-corrected chi connectivity index (χ3v) is 3.26. The minimum absolute atomic E-state index is 0.664. The Morgan fingerprint density at radius 1 is 1.18 bits per heavy atom. The Balaban J connectivity index is 2.11. The van der Waals surface area contributed by atoms with Crippen molar-refractivity contribution in [3.8, 4) is 0 Å². The molecule has 0 spiro atoms. The Morgan fingerprint density at radius 3 is 2.53 bits per heavy atom. The first-order chi connectivity index (χ1) is 8.22. The first-order valence-corrected chi connectivity index (χ1v) is 6.65. The lowest BCUT2D eigenvalue weighted by atomic mass is 10.1. The summed E-state index contributed by atoms with van der Waals surface area (Å²) in [6, 6.07) is 10.7. The van der Waals surface area contributed by atoms with Crippen LogP contribution in [0.1, 0.15) is 25.3 Å². The monoisotopic (exact) mass is 234 g/mol. The van der Waals surface area contributed by atoms with Crippen LogP contribution in [0.5, 0.6) is 0 Å². The van der Waals surface area contributed by atoms with Gasteiger partial charge in [-0.25, -0.2) is 0 Å². The highest BCUT2D eigenvalue weighted by atomic mass is 15.1. The van der Waals surface area contributed by atoms with Crippen LogP contribution in [-0.4, -0.2) is 31.6 Å². The van der Waals surface area contributed by atoms with Crippen molar-refractivity contribution < 1.29 is 0 Å². The second-order valence-electron chi connectivity index (χ2n) is 5.02. The summed E-state index contributed by atoms with van der Waals surface area (Å²) in [6.45, 7) is 5.36. The molecule has 0 bridgehead atoms. The molecule has 0 aromatic heterocycles. The van der Waals surface area contributed by atoms with E-state index >= 15 is 0 Å². The van der Waals surface area contributed by atoms with Crippen molar-refractivity contribution in [2.75, 3.05) is 26.7 Å². The average Bonchev–Trinajstić information content (AvgIpc) is 2.37. The Morgan fingerprint density at radius 2 is 1.88 bits per heavy atom. The third kappa shape index (κ3) is 6.44. The highest BCUT2D eigenvalue weighted by molar-refractivity contribution is 5.14. The predicted octanol–water partition coefficient (Wildman–Crippen LogP) is 2.54. The molecule has 1 aromatic carbocycles. The molecule has 0 saturated heterocycles. The molecule has 17 heavy (non-hydrogen) atoms. The fourth-order valence-corrected chi connectivity index (χ4v) is 1.90. The van der Waals surface area contributed by atoms with E-state index in [1.165, 1.54) is 24.9 Å². The van der Waals surface area contributed by atoms with Gasteiger partial charge in [0.25, 0.3) is 0 Å². The number of nitrogens with two attached hydrogens (primary N) is 1. The van der Waals surface area contributed by atoms with Crippen LogP contribution in [0.4, 0.5) is 0 Å². The summed E-state index contributed by atoms with van der Waals surface area (Å²) in [6.07, 6.45) is 3.64. The van der Waals surface area contributed by atoms with Crippen LogP contribution < -0.4 is 5.73 Å². The molecule has 0 heterocycles. The minimum Gasteiger partial charge on any atom is -0.330 e. The zero-order chi connectivity index (χ0) is 12.5. The molecule has 0 aliphatic rings. The summed E-state index contributed by atoms with van der Waals surface area (Å²) in [5.74, 6) is 0.664. The van der Waals surface area contributed by atoms with E-state index in [1.54, 1.807) is 0 Å². The van der Waals surface area contributed by atoms with E-state index in [4.69, 9.17) is 5.73 Å². The molecule has 96 valence electrons. The van der Waals surface area contributed by atoms with Gasteiger partial charge < -0.3 is 10.6 Å². The van der Waals surface area contributed by atoms with Crippen LogP contribution in [0.3, 0.4) is 0 Å². The predicted molar refractivity (Wildman–Crippen MR) is 75.1 cm³/mol. The van der Waals surface area contributed by atoms with E-state index in [1.807, 2.05) is 0 Å². The van der Waals surface area contributed by atoms with Crippen molar-refractivity contribution in [1.29, 1.82) is 0 Å². The molecule has 0 amide bonds. The topological polar surface area (TPSA) is 29.3 Å². The van der Waals surface area contributed by atoms with Gasteiger partial charge in [-0.15, -0.1) is 0 Å². The average molecular weight is 234 g/mol. The van der Waals surface area contributed by atoms with Gasteiger partial charge in [0.05, 0.1) is 0 Å². The van der Waals surface area contributed by atoms with E-state index in [-0.39, 0.29) is 0 Å². The highest BCUT2D eigenvalue weighted by Gasteiger charge is 2.02. The van der Waals surface area contributed by atoms with Gasteiger partial charge in [0.2, 0.25) is 0 Å². The summed E-state index contributed by atoms with van der Waals surface area (Å²) in [7, 11) is 2.20. The van der Waals surface area contributed by atoms with E-state index in [9.17, 15) is 0 Å². The number of benzene rings is 1. The van der Waals surface area contributed by atoms with Gasteiger partial charge in [-0.2, -0.15) is 0 Å². The molecular weight excluding hydrogens is 208 g/mol. The second kappa shape index (κ2) is 8.26. The van der Waals surface area contributed by atoms with Crippen LogP contribution in [0, 0.1) is 5.92 Å². The van der Waals surface area contributed by atoms with E-state index in [2.05, 4.69) is 49.2 Å². The van der Waals surface area contributed by atoms with Gasteiger partial charge in [-0.05, 0) is 50.9 Å². The molecular formula is C15H26N2. The largest absolute Gasteiger partial charge is 0.330 e. The van der Waals surface area contributed by atoms with Gasteiger partial charge in [0.1, 0.15) is 0 Å². The highest BCUT2D eigenvalue weighted by Crippen LogP contribution is 2.05. The van der Waals surface area contributed by atoms with Crippen molar-refractivity contribution >= 4 is 0 Å². The molecule has 0 saturated carbocycles. The van der Waals surface area contributed by atoms with E-state index < -0.39 is 0 Å². The van der Waals surface area contributed by atoms with E-state index in [0.717, 1.165) is 19.5 Å². The van der Waals surface area contributed by atoms with E-state index in [0.29, 0.717) is 5.92 Å². The summed E-state index contributed by atoms with van der Waals surface area (Å²) >= 11 is 0. The Labute approximate surface area is 106 Å². The SMILES string of the molecule is CC(CN)CCCN(C)CCc1ccccc1. The Kier molecular flexibility index (Phi) is 6.90. The number of hydrogen-bond acceptors (Lipinski definition) is 2. The zero-order valence-electron chi connectivity index (χ0n) is 11.2. The van der Waals surface area contributed by atoms with Gasteiger partial charge in [-0.1, -0.05) is 37.3 Å². The molecule has 1 aromatic rings. The van der Waals surface area contributed by atoms with Crippen LogP contribution in [-0.2, 0) is 6.42 Å². The normalized spacial score (nSPS) is 12.9. The molecule has 0 radical (unpaired) electrons. The lowest BCUT2D eigenvalue weighted by Gasteiger charge is -2.17. The summed E-state index contributed by atoms with van der Waals surface area (Å²) < 4.78 is 0. The third-order valence-electron chi connectivity index (χ3n) is 3.26. The maximum atomic E-state index is 5.61. The smallest absolute Gasteiger partial charge is 0.00188 e. The number of nitrogens with zero attached hydrogens (tertiary/aromatic N) is 1. The summed E-state index contributed by atoms with van der Waals surface area (Å²) in [4.78, 5) is 2.41. The first-order valence-electron chi connectivity index (χ1n) is 6.65. The fourth-order valence-electron chi connectivity index (χ4n) is 1.90. The minimum atomic E-state index is 0.664.